The van der Waals surface area contributed by atoms with Crippen molar-refractivity contribution in [3.8, 4) is 0 Å². The van der Waals surface area contributed by atoms with Crippen molar-refractivity contribution < 1.29 is 0 Å². The summed E-state index contributed by atoms with van der Waals surface area (Å²) in [6, 6.07) is 9.72. The Bertz CT molecular complexity index is 413. The van der Waals surface area contributed by atoms with Crippen LogP contribution in [0.5, 0.6) is 0 Å². The molecule has 0 saturated carbocycles. The van der Waals surface area contributed by atoms with Crippen LogP contribution in [0, 0.1) is 0 Å². The molecule has 3 heteroatoms. The molecule has 19 heavy (non-hydrogen) atoms. The normalized spacial score (nSPS) is 26.0. The molecule has 3 rings (SSSR count). The zero-order valence-electron chi connectivity index (χ0n) is 11.9. The lowest BCUT2D eigenvalue weighted by molar-refractivity contribution is 0.133. The van der Waals surface area contributed by atoms with Gasteiger partial charge < -0.3 is 10.6 Å². The molecule has 3 nitrogen and oxygen atoms in total. The van der Waals surface area contributed by atoms with Crippen molar-refractivity contribution in [1.82, 2.24) is 4.90 Å². The highest BCUT2D eigenvalue weighted by molar-refractivity contribution is 5.48. The van der Waals surface area contributed by atoms with Crippen molar-refractivity contribution in [2.24, 2.45) is 5.73 Å². The van der Waals surface area contributed by atoms with Crippen LogP contribution in [0.4, 0.5) is 5.69 Å². The van der Waals surface area contributed by atoms with Gasteiger partial charge in [0.2, 0.25) is 0 Å². The monoisotopic (exact) mass is 259 g/mol. The van der Waals surface area contributed by atoms with Crippen LogP contribution < -0.4 is 10.6 Å². The van der Waals surface area contributed by atoms with Crippen molar-refractivity contribution in [3.05, 3.63) is 29.8 Å². The van der Waals surface area contributed by atoms with Crippen LogP contribution in [0.15, 0.2) is 24.3 Å². The number of anilines is 1. The van der Waals surface area contributed by atoms with E-state index in [1.54, 1.807) is 0 Å². The van der Waals surface area contributed by atoms with Crippen LogP contribution in [0.25, 0.3) is 0 Å². The van der Waals surface area contributed by atoms with Crippen molar-refractivity contribution in [1.29, 1.82) is 0 Å². The maximum Gasteiger partial charge on any atom is 0.0367 e. The largest absolute Gasteiger partial charge is 0.369 e. The number of rotatable bonds is 2. The summed E-state index contributed by atoms with van der Waals surface area (Å²) in [5.41, 5.74) is 8.49. The van der Waals surface area contributed by atoms with Crippen molar-refractivity contribution in [2.45, 2.75) is 38.3 Å². The molecule has 2 aliphatic rings. The Hall–Kier alpha value is -1.06. The van der Waals surface area contributed by atoms with E-state index in [1.807, 2.05) is 6.92 Å². The highest BCUT2D eigenvalue weighted by Gasteiger charge is 2.28. The highest BCUT2D eigenvalue weighted by Crippen LogP contribution is 2.25. The quantitative estimate of drug-likeness (QED) is 0.885. The summed E-state index contributed by atoms with van der Waals surface area (Å²) >= 11 is 0. The number of hydrogen-bond donors (Lipinski definition) is 1. The van der Waals surface area contributed by atoms with Gasteiger partial charge in [0, 0.05) is 37.4 Å². The van der Waals surface area contributed by atoms with Gasteiger partial charge in [-0.3, -0.25) is 4.90 Å². The average Bonchev–Trinajstić information content (AvgIpc) is 2.47. The highest BCUT2D eigenvalue weighted by atomic mass is 15.3. The van der Waals surface area contributed by atoms with Gasteiger partial charge in [-0.2, -0.15) is 0 Å². The first-order valence-corrected chi connectivity index (χ1v) is 7.58. The Morgan fingerprint density at radius 1 is 1.11 bits per heavy atom. The molecule has 2 heterocycles. The summed E-state index contributed by atoms with van der Waals surface area (Å²) < 4.78 is 0. The fourth-order valence-electron chi connectivity index (χ4n) is 3.38. The lowest BCUT2D eigenvalue weighted by atomic mass is 9.99. The molecule has 1 aromatic rings. The molecule has 0 bridgehead atoms. The second kappa shape index (κ2) is 5.51. The Labute approximate surface area is 116 Å². The predicted octanol–water partition coefficient (Wildman–Crippen LogP) is 2.38. The number of benzene rings is 1. The summed E-state index contributed by atoms with van der Waals surface area (Å²) in [6.07, 6.45) is 4.16. The second-order valence-corrected chi connectivity index (χ2v) is 6.01. The third kappa shape index (κ3) is 2.77. The molecule has 2 unspecified atom stereocenters. The van der Waals surface area contributed by atoms with Crippen LogP contribution in [-0.4, -0.2) is 37.1 Å². The van der Waals surface area contributed by atoms with Crippen molar-refractivity contribution >= 4 is 5.69 Å². The Morgan fingerprint density at radius 2 is 1.89 bits per heavy atom. The number of piperazine rings is 1. The minimum atomic E-state index is 0.129. The minimum Gasteiger partial charge on any atom is -0.369 e. The van der Waals surface area contributed by atoms with Gasteiger partial charge in [-0.15, -0.1) is 0 Å². The zero-order chi connectivity index (χ0) is 13.2. The van der Waals surface area contributed by atoms with E-state index in [1.165, 1.54) is 50.1 Å². The molecule has 2 N–H and O–H groups in total. The fraction of sp³-hybridized carbons (Fsp3) is 0.625. The molecule has 0 aliphatic carbocycles. The molecular formula is C16H25N3. The van der Waals surface area contributed by atoms with Gasteiger partial charge in [0.25, 0.3) is 0 Å². The van der Waals surface area contributed by atoms with Gasteiger partial charge in [-0.05, 0) is 44.0 Å². The molecule has 2 saturated heterocycles. The maximum atomic E-state index is 5.91. The first-order valence-electron chi connectivity index (χ1n) is 7.58. The van der Waals surface area contributed by atoms with Gasteiger partial charge in [-0.25, -0.2) is 0 Å². The summed E-state index contributed by atoms with van der Waals surface area (Å²) in [7, 11) is 0. The van der Waals surface area contributed by atoms with Gasteiger partial charge in [-0.1, -0.05) is 18.6 Å². The third-order valence-corrected chi connectivity index (χ3v) is 4.62. The number of nitrogens with zero attached hydrogens (tertiary/aromatic N) is 2. The van der Waals surface area contributed by atoms with E-state index in [0.717, 1.165) is 12.6 Å². The van der Waals surface area contributed by atoms with E-state index < -0.39 is 0 Å². The van der Waals surface area contributed by atoms with Gasteiger partial charge in [0.05, 0.1) is 0 Å². The lowest BCUT2D eigenvalue weighted by Crippen LogP contribution is -2.54. The summed E-state index contributed by atoms with van der Waals surface area (Å²) in [5.74, 6) is 0. The molecule has 2 atom stereocenters. The van der Waals surface area contributed by atoms with E-state index in [-0.39, 0.29) is 6.04 Å². The molecule has 0 aromatic heterocycles. The van der Waals surface area contributed by atoms with Crippen LogP contribution >= 0.6 is 0 Å². The molecule has 2 fully saturated rings. The summed E-state index contributed by atoms with van der Waals surface area (Å²) in [4.78, 5) is 5.22. The van der Waals surface area contributed by atoms with E-state index in [0.29, 0.717) is 0 Å². The molecular weight excluding hydrogens is 234 g/mol. The molecule has 2 aliphatic heterocycles. The second-order valence-electron chi connectivity index (χ2n) is 6.01. The minimum absolute atomic E-state index is 0.129. The van der Waals surface area contributed by atoms with Gasteiger partial charge in [0.1, 0.15) is 0 Å². The first-order chi connectivity index (χ1) is 9.24. The zero-order valence-corrected chi connectivity index (χ0v) is 11.9. The molecule has 0 spiro atoms. The van der Waals surface area contributed by atoms with Crippen LogP contribution in [0.1, 0.15) is 37.8 Å². The first kappa shape index (κ1) is 12.9. The molecule has 1 aromatic carbocycles. The average molecular weight is 259 g/mol. The van der Waals surface area contributed by atoms with E-state index in [4.69, 9.17) is 5.73 Å². The number of hydrogen-bond acceptors (Lipinski definition) is 3. The molecule has 0 amide bonds. The SMILES string of the molecule is CC(N)c1ccc(N2CCN3CCCCC3C2)cc1. The summed E-state index contributed by atoms with van der Waals surface area (Å²) in [5, 5.41) is 0. The van der Waals surface area contributed by atoms with E-state index >= 15 is 0 Å². The van der Waals surface area contributed by atoms with Crippen LogP contribution in [0.3, 0.4) is 0 Å². The summed E-state index contributed by atoms with van der Waals surface area (Å²) in [6.45, 7) is 6.92. The van der Waals surface area contributed by atoms with Crippen molar-refractivity contribution in [2.75, 3.05) is 31.1 Å². The topological polar surface area (TPSA) is 32.5 Å². The number of piperidine rings is 1. The van der Waals surface area contributed by atoms with Crippen molar-refractivity contribution in [3.63, 3.8) is 0 Å². The predicted molar refractivity (Wildman–Crippen MR) is 80.5 cm³/mol. The van der Waals surface area contributed by atoms with E-state index in [2.05, 4.69) is 34.1 Å². The molecule has 104 valence electrons. The van der Waals surface area contributed by atoms with Crippen LogP contribution in [-0.2, 0) is 0 Å². The Balaban J connectivity index is 1.69. The fourth-order valence-corrected chi connectivity index (χ4v) is 3.38. The van der Waals surface area contributed by atoms with Gasteiger partial charge >= 0.3 is 0 Å². The molecule has 0 radical (unpaired) electrons. The number of fused-ring (bicyclic) bond motifs is 1. The Morgan fingerprint density at radius 3 is 2.63 bits per heavy atom. The lowest BCUT2D eigenvalue weighted by Gasteiger charge is -2.45. The van der Waals surface area contributed by atoms with Crippen LogP contribution in [0.2, 0.25) is 0 Å². The smallest absolute Gasteiger partial charge is 0.0367 e. The Kier molecular flexibility index (Phi) is 3.76. The van der Waals surface area contributed by atoms with Gasteiger partial charge in [0.15, 0.2) is 0 Å². The standard InChI is InChI=1S/C16H25N3/c1-13(17)14-5-7-15(8-6-14)19-11-10-18-9-3-2-4-16(18)12-19/h5-8,13,16H,2-4,9-12,17H2,1H3. The van der Waals surface area contributed by atoms with E-state index in [9.17, 15) is 0 Å². The number of nitrogens with two attached hydrogens (primary N) is 1. The maximum absolute atomic E-state index is 5.91. The third-order valence-electron chi connectivity index (χ3n) is 4.62.